The average molecular weight is 294 g/mol. The number of rotatable bonds is 2. The van der Waals surface area contributed by atoms with E-state index in [0.29, 0.717) is 17.9 Å². The number of nitrogens with one attached hydrogen (secondary N) is 1. The number of hydrogen-bond acceptors (Lipinski definition) is 3. The number of pyridine rings is 1. The van der Waals surface area contributed by atoms with Gasteiger partial charge in [0.25, 0.3) is 5.56 Å². The number of H-pyrrole nitrogens is 1. The summed E-state index contributed by atoms with van der Waals surface area (Å²) in [6, 6.07) is 3.68. The maximum absolute atomic E-state index is 11.8. The molecule has 0 atom stereocenters. The normalized spacial score (nSPS) is 10.5. The lowest BCUT2D eigenvalue weighted by Gasteiger charge is -2.05. The van der Waals surface area contributed by atoms with Crippen LogP contribution in [0.1, 0.15) is 18.2 Å². The highest BCUT2D eigenvalue weighted by Crippen LogP contribution is 2.15. The molecule has 0 saturated carbocycles. The molecule has 0 aliphatic carbocycles. The molecular weight excluding hydrogens is 282 g/mol. The Morgan fingerprint density at radius 3 is 2.71 bits per heavy atom. The molecule has 0 saturated heterocycles. The van der Waals surface area contributed by atoms with E-state index >= 15 is 0 Å². The molecule has 0 amide bonds. The summed E-state index contributed by atoms with van der Waals surface area (Å²) in [6.07, 6.45) is 2.36. The van der Waals surface area contributed by atoms with Crippen LogP contribution in [0.5, 0.6) is 0 Å². The molecule has 0 aliphatic rings. The van der Waals surface area contributed by atoms with E-state index in [9.17, 15) is 4.79 Å². The first-order valence-corrected chi connectivity index (χ1v) is 6.13. The van der Waals surface area contributed by atoms with Crippen LogP contribution in [0.25, 0.3) is 11.5 Å². The van der Waals surface area contributed by atoms with Crippen molar-refractivity contribution in [3.63, 3.8) is 0 Å². The van der Waals surface area contributed by atoms with Crippen LogP contribution in [-0.2, 0) is 6.42 Å². The van der Waals surface area contributed by atoms with Crippen molar-refractivity contribution in [1.82, 2.24) is 15.0 Å². The van der Waals surface area contributed by atoms with Gasteiger partial charge in [-0.2, -0.15) is 0 Å². The van der Waals surface area contributed by atoms with Crippen LogP contribution in [-0.4, -0.2) is 15.0 Å². The number of aromatic amines is 1. The van der Waals surface area contributed by atoms with Gasteiger partial charge in [0.2, 0.25) is 0 Å². The van der Waals surface area contributed by atoms with Crippen molar-refractivity contribution in [2.24, 2.45) is 0 Å². The third kappa shape index (κ3) is 2.44. The number of hydrogen-bond donors (Lipinski definition) is 1. The third-order valence-electron chi connectivity index (χ3n) is 2.55. The van der Waals surface area contributed by atoms with E-state index in [4.69, 9.17) is 0 Å². The van der Waals surface area contributed by atoms with Crippen LogP contribution in [0.4, 0.5) is 0 Å². The minimum atomic E-state index is -0.0836. The van der Waals surface area contributed by atoms with Crippen LogP contribution in [0, 0.1) is 6.92 Å². The largest absolute Gasteiger partial charge is 0.305 e. The summed E-state index contributed by atoms with van der Waals surface area (Å²) in [6.45, 7) is 3.78. The van der Waals surface area contributed by atoms with Gasteiger partial charge in [0.05, 0.1) is 0 Å². The molecule has 0 aliphatic heterocycles. The van der Waals surface area contributed by atoms with Gasteiger partial charge in [-0.3, -0.25) is 9.78 Å². The number of aryl methyl sites for hydroxylation is 1. The predicted octanol–water partition coefficient (Wildman–Crippen LogP) is 2.47. The highest BCUT2D eigenvalue weighted by Gasteiger charge is 2.08. The first-order valence-electron chi connectivity index (χ1n) is 5.33. The maximum atomic E-state index is 11.8. The third-order valence-corrected chi connectivity index (χ3v) is 3.01. The molecule has 0 bridgehead atoms. The summed E-state index contributed by atoms with van der Waals surface area (Å²) in [5.41, 5.74) is 2.07. The summed E-state index contributed by atoms with van der Waals surface area (Å²) >= 11 is 3.31. The molecule has 0 aromatic carbocycles. The SMILES string of the molecule is CCc1c(C)nc(-c2ccc(Br)cn2)[nH]c1=O. The van der Waals surface area contributed by atoms with E-state index in [1.165, 1.54) is 0 Å². The molecule has 0 radical (unpaired) electrons. The molecule has 5 heteroatoms. The van der Waals surface area contributed by atoms with Crippen molar-refractivity contribution in [3.05, 3.63) is 44.4 Å². The van der Waals surface area contributed by atoms with Crippen molar-refractivity contribution in [2.75, 3.05) is 0 Å². The number of aromatic nitrogens is 3. The van der Waals surface area contributed by atoms with Gasteiger partial charge in [0.15, 0.2) is 5.82 Å². The van der Waals surface area contributed by atoms with Crippen molar-refractivity contribution >= 4 is 15.9 Å². The quantitative estimate of drug-likeness (QED) is 0.925. The van der Waals surface area contributed by atoms with E-state index in [0.717, 1.165) is 15.7 Å². The molecule has 2 aromatic rings. The zero-order valence-corrected chi connectivity index (χ0v) is 11.2. The van der Waals surface area contributed by atoms with Crippen LogP contribution in [0.2, 0.25) is 0 Å². The van der Waals surface area contributed by atoms with Crippen molar-refractivity contribution in [2.45, 2.75) is 20.3 Å². The Balaban J connectivity index is 2.54. The molecule has 2 heterocycles. The average Bonchev–Trinajstić information content (AvgIpc) is 2.29. The Labute approximate surface area is 107 Å². The first-order chi connectivity index (χ1) is 8.11. The highest BCUT2D eigenvalue weighted by molar-refractivity contribution is 9.10. The Morgan fingerprint density at radius 1 is 1.41 bits per heavy atom. The van der Waals surface area contributed by atoms with Gasteiger partial charge in [0.1, 0.15) is 5.69 Å². The van der Waals surface area contributed by atoms with E-state index < -0.39 is 0 Å². The number of halogens is 1. The topological polar surface area (TPSA) is 58.6 Å². The summed E-state index contributed by atoms with van der Waals surface area (Å²) in [4.78, 5) is 23.1. The van der Waals surface area contributed by atoms with Gasteiger partial charge in [-0.1, -0.05) is 6.92 Å². The Bertz CT molecular complexity index is 590. The van der Waals surface area contributed by atoms with Crippen molar-refractivity contribution < 1.29 is 0 Å². The predicted molar refractivity (Wildman–Crippen MR) is 69.9 cm³/mol. The molecule has 0 spiro atoms. The molecule has 2 rings (SSSR count). The lowest BCUT2D eigenvalue weighted by molar-refractivity contribution is 0.961. The first kappa shape index (κ1) is 12.0. The fourth-order valence-corrected chi connectivity index (χ4v) is 1.90. The maximum Gasteiger partial charge on any atom is 0.254 e. The molecule has 0 unspecified atom stereocenters. The summed E-state index contributed by atoms with van der Waals surface area (Å²) in [5, 5.41) is 0. The summed E-state index contributed by atoms with van der Waals surface area (Å²) < 4.78 is 0.894. The highest BCUT2D eigenvalue weighted by atomic mass is 79.9. The van der Waals surface area contributed by atoms with Gasteiger partial charge in [0, 0.05) is 21.9 Å². The second kappa shape index (κ2) is 4.79. The zero-order valence-electron chi connectivity index (χ0n) is 9.62. The smallest absolute Gasteiger partial charge is 0.254 e. The second-order valence-corrected chi connectivity index (χ2v) is 4.61. The van der Waals surface area contributed by atoms with Crippen LogP contribution >= 0.6 is 15.9 Å². The number of nitrogens with zero attached hydrogens (tertiary/aromatic N) is 2. The fourth-order valence-electron chi connectivity index (χ4n) is 1.66. The van der Waals surface area contributed by atoms with Crippen LogP contribution < -0.4 is 5.56 Å². The van der Waals surface area contributed by atoms with Gasteiger partial charge < -0.3 is 4.98 Å². The minimum absolute atomic E-state index is 0.0836. The van der Waals surface area contributed by atoms with E-state index in [1.54, 1.807) is 6.20 Å². The summed E-state index contributed by atoms with van der Waals surface area (Å²) in [7, 11) is 0. The fraction of sp³-hybridized carbons (Fsp3) is 0.250. The lowest BCUT2D eigenvalue weighted by atomic mass is 10.2. The Kier molecular flexibility index (Phi) is 3.38. The molecule has 0 fully saturated rings. The second-order valence-electron chi connectivity index (χ2n) is 3.69. The van der Waals surface area contributed by atoms with Gasteiger partial charge >= 0.3 is 0 Å². The molecule has 2 aromatic heterocycles. The van der Waals surface area contributed by atoms with Crippen LogP contribution in [0.3, 0.4) is 0 Å². The van der Waals surface area contributed by atoms with E-state index in [1.807, 2.05) is 26.0 Å². The lowest BCUT2D eigenvalue weighted by Crippen LogP contribution is -2.16. The molecule has 4 nitrogen and oxygen atoms in total. The summed E-state index contributed by atoms with van der Waals surface area (Å²) in [5.74, 6) is 0.511. The molecule has 17 heavy (non-hydrogen) atoms. The molecule has 1 N–H and O–H groups in total. The van der Waals surface area contributed by atoms with Crippen LogP contribution in [0.15, 0.2) is 27.6 Å². The molecule has 88 valence electrons. The van der Waals surface area contributed by atoms with Gasteiger partial charge in [-0.25, -0.2) is 4.98 Å². The van der Waals surface area contributed by atoms with E-state index in [2.05, 4.69) is 30.9 Å². The zero-order chi connectivity index (χ0) is 12.4. The Morgan fingerprint density at radius 2 is 2.18 bits per heavy atom. The van der Waals surface area contributed by atoms with Crippen molar-refractivity contribution in [3.8, 4) is 11.5 Å². The standard InChI is InChI=1S/C12H12BrN3O/c1-3-9-7(2)15-11(16-12(9)17)10-5-4-8(13)6-14-10/h4-6H,3H2,1-2H3,(H,15,16,17). The van der Waals surface area contributed by atoms with Crippen molar-refractivity contribution in [1.29, 1.82) is 0 Å². The monoisotopic (exact) mass is 293 g/mol. The van der Waals surface area contributed by atoms with Gasteiger partial charge in [-0.15, -0.1) is 0 Å². The van der Waals surface area contributed by atoms with Gasteiger partial charge in [-0.05, 0) is 41.4 Å². The minimum Gasteiger partial charge on any atom is -0.305 e. The van der Waals surface area contributed by atoms with E-state index in [-0.39, 0.29) is 5.56 Å². The molecular formula is C12H12BrN3O. The Hall–Kier alpha value is -1.49.